The van der Waals surface area contributed by atoms with Gasteiger partial charge in [-0.05, 0) is 13.8 Å². The van der Waals surface area contributed by atoms with Crippen molar-refractivity contribution in [3.8, 4) is 0 Å². The van der Waals surface area contributed by atoms with Gasteiger partial charge in [-0.1, -0.05) is 17.8 Å². The molecule has 10 nitrogen and oxygen atoms in total. The minimum absolute atomic E-state index is 0. The molecule has 0 fully saturated rings. The maximum atomic E-state index is 12.3. The molecule has 13 heteroatoms. The summed E-state index contributed by atoms with van der Waals surface area (Å²) in [6.07, 6.45) is 1.39. The van der Waals surface area contributed by atoms with Crippen LogP contribution in [0.4, 0.5) is 5.13 Å². The van der Waals surface area contributed by atoms with E-state index in [1.807, 2.05) is 0 Å². The zero-order valence-electron chi connectivity index (χ0n) is 13.6. The Hall–Kier alpha value is -0.810. The molecule has 0 atom stereocenters. The summed E-state index contributed by atoms with van der Waals surface area (Å²) in [4.78, 5) is 19.6. The van der Waals surface area contributed by atoms with Gasteiger partial charge in [-0.3, -0.25) is 14.1 Å². The number of aromatic nitrogens is 2. The van der Waals surface area contributed by atoms with Crippen LogP contribution >= 0.6 is 19.3 Å². The van der Waals surface area contributed by atoms with Gasteiger partial charge in [0.25, 0.3) is 0 Å². The number of carboxylic acids is 1. The second-order valence-electron chi connectivity index (χ2n) is 3.68. The SMILES string of the molecule is C=CCO/N=C(\C(=O)[O-])c1nsc(NP(=O)(OCC)OCC)n1.[Na+]. The van der Waals surface area contributed by atoms with E-state index < -0.39 is 19.4 Å². The molecule has 0 unspecified atom stereocenters. The molecule has 1 aromatic heterocycles. The number of carboxylic acid groups (broad SMARTS) is 1. The largest absolute Gasteiger partial charge is 1.00 e. The molecule has 0 aliphatic rings. The number of nitrogens with zero attached hydrogens (tertiary/aromatic N) is 3. The Labute approximate surface area is 165 Å². The van der Waals surface area contributed by atoms with Crippen molar-refractivity contribution in [1.82, 2.24) is 9.36 Å². The van der Waals surface area contributed by atoms with Gasteiger partial charge in [-0.2, -0.15) is 9.36 Å². The van der Waals surface area contributed by atoms with Crippen molar-refractivity contribution < 1.29 is 57.9 Å². The van der Waals surface area contributed by atoms with Gasteiger partial charge >= 0.3 is 37.3 Å². The van der Waals surface area contributed by atoms with E-state index in [0.717, 1.165) is 11.5 Å². The van der Waals surface area contributed by atoms with Gasteiger partial charge in [0.1, 0.15) is 6.61 Å². The molecule has 0 aliphatic carbocycles. The topological polar surface area (TPSA) is 135 Å². The second kappa shape index (κ2) is 11.7. The van der Waals surface area contributed by atoms with Crippen LogP contribution in [0.1, 0.15) is 19.7 Å². The fourth-order valence-corrected chi connectivity index (χ4v) is 3.34. The maximum Gasteiger partial charge on any atom is 1.00 e. The number of oxime groups is 1. The predicted octanol–water partition coefficient (Wildman–Crippen LogP) is -2.21. The predicted molar refractivity (Wildman–Crippen MR) is 82.1 cm³/mol. The minimum atomic E-state index is -3.60. The Bertz CT molecular complexity index is 615. The number of nitrogens with one attached hydrogen (secondary N) is 1. The third-order valence-electron chi connectivity index (χ3n) is 2.01. The number of hydrogen-bond acceptors (Lipinski definition) is 10. The monoisotopic (exact) mass is 386 g/mol. The first-order chi connectivity index (χ1) is 11.0. The zero-order chi connectivity index (χ0) is 17.3. The minimum Gasteiger partial charge on any atom is -0.543 e. The first-order valence-electron chi connectivity index (χ1n) is 6.49. The van der Waals surface area contributed by atoms with Crippen LogP contribution in [0.5, 0.6) is 0 Å². The molecule has 0 spiro atoms. The zero-order valence-corrected chi connectivity index (χ0v) is 17.3. The van der Waals surface area contributed by atoms with E-state index in [0.29, 0.717) is 0 Å². The van der Waals surface area contributed by atoms with Crippen LogP contribution in [-0.2, 0) is 23.2 Å². The normalized spacial score (nSPS) is 11.5. The van der Waals surface area contributed by atoms with Crippen LogP contribution in [0.2, 0.25) is 0 Å². The Morgan fingerprint density at radius 3 is 2.58 bits per heavy atom. The molecule has 0 bridgehead atoms. The van der Waals surface area contributed by atoms with E-state index in [-0.39, 0.29) is 60.3 Å². The standard InChI is InChI=1S/C11H17N4O6PS.Na/c1-4-7-19-13-8(10(16)17)9-12-11(23-15-9)14-22(18,20-5-2)21-6-3;/h4H,1,5-7H2,2-3H3,(H,16,17)(H,12,14,15,18);/q;+1/p-1/b13-8-;. The molecule has 128 valence electrons. The summed E-state index contributed by atoms with van der Waals surface area (Å²) < 4.78 is 26.2. The summed E-state index contributed by atoms with van der Waals surface area (Å²) in [6, 6.07) is 0. The Kier molecular flexibility index (Phi) is 11.3. The van der Waals surface area contributed by atoms with Crippen molar-refractivity contribution >= 4 is 36.1 Å². The van der Waals surface area contributed by atoms with E-state index in [9.17, 15) is 14.5 Å². The van der Waals surface area contributed by atoms with Gasteiger partial charge in [0.05, 0.1) is 19.2 Å². The van der Waals surface area contributed by atoms with Crippen LogP contribution in [0.25, 0.3) is 0 Å². The molecule has 1 N–H and O–H groups in total. The summed E-state index contributed by atoms with van der Waals surface area (Å²) in [5.74, 6) is -1.86. The molecule has 1 heterocycles. The van der Waals surface area contributed by atoms with E-state index in [4.69, 9.17) is 13.9 Å². The van der Waals surface area contributed by atoms with E-state index in [1.165, 1.54) is 6.08 Å². The Morgan fingerprint density at radius 1 is 1.46 bits per heavy atom. The number of carbonyl (C=O) groups is 1. The van der Waals surface area contributed by atoms with Crippen molar-refractivity contribution in [2.24, 2.45) is 5.16 Å². The molecular formula is C11H16N4NaO6PS. The van der Waals surface area contributed by atoms with Gasteiger partial charge < -0.3 is 14.7 Å². The molecule has 0 radical (unpaired) electrons. The van der Waals surface area contributed by atoms with Crippen LogP contribution in [0.3, 0.4) is 0 Å². The molecule has 1 rings (SSSR count). The summed E-state index contributed by atoms with van der Waals surface area (Å²) in [5, 5.41) is 16.9. The van der Waals surface area contributed by atoms with Gasteiger partial charge in [0.2, 0.25) is 5.13 Å². The molecular weight excluding hydrogens is 370 g/mol. The first kappa shape index (κ1) is 23.2. The summed E-state index contributed by atoms with van der Waals surface area (Å²) >= 11 is 0.761. The van der Waals surface area contributed by atoms with Crippen molar-refractivity contribution in [2.75, 3.05) is 24.9 Å². The number of carbonyl (C=O) groups excluding carboxylic acids is 1. The summed E-state index contributed by atoms with van der Waals surface area (Å²) in [7, 11) is -3.60. The summed E-state index contributed by atoms with van der Waals surface area (Å²) in [5.41, 5.74) is -0.598. The van der Waals surface area contributed by atoms with Crippen molar-refractivity contribution in [3.63, 3.8) is 0 Å². The number of hydrogen-bond donors (Lipinski definition) is 1. The van der Waals surface area contributed by atoms with Crippen molar-refractivity contribution in [2.45, 2.75) is 13.8 Å². The smallest absolute Gasteiger partial charge is 0.543 e. The average Bonchev–Trinajstić information content (AvgIpc) is 2.91. The van der Waals surface area contributed by atoms with Crippen LogP contribution in [0, 0.1) is 0 Å². The van der Waals surface area contributed by atoms with Gasteiger partial charge in [0.15, 0.2) is 11.5 Å². The van der Waals surface area contributed by atoms with Crippen molar-refractivity contribution in [3.05, 3.63) is 18.5 Å². The third-order valence-corrected chi connectivity index (χ3v) is 4.47. The van der Waals surface area contributed by atoms with E-state index in [1.54, 1.807) is 13.8 Å². The molecule has 0 saturated carbocycles. The van der Waals surface area contributed by atoms with Gasteiger partial charge in [-0.15, -0.1) is 0 Å². The quantitative estimate of drug-likeness (QED) is 0.112. The van der Waals surface area contributed by atoms with Crippen molar-refractivity contribution in [1.29, 1.82) is 0 Å². The van der Waals surface area contributed by atoms with Crippen LogP contribution in [0.15, 0.2) is 17.8 Å². The summed E-state index contributed by atoms with van der Waals surface area (Å²) in [6.45, 7) is 7.01. The molecule has 0 aliphatic heterocycles. The molecule has 1 aromatic rings. The van der Waals surface area contributed by atoms with E-state index >= 15 is 0 Å². The van der Waals surface area contributed by atoms with Gasteiger partial charge in [-0.25, -0.2) is 4.57 Å². The van der Waals surface area contributed by atoms with Crippen LogP contribution < -0.4 is 39.8 Å². The molecule has 24 heavy (non-hydrogen) atoms. The third kappa shape index (κ3) is 7.39. The number of aliphatic carboxylic acids is 1. The molecule has 0 saturated heterocycles. The second-order valence-corrected chi connectivity index (χ2v) is 6.17. The van der Waals surface area contributed by atoms with E-state index in [2.05, 4.69) is 26.2 Å². The number of anilines is 1. The molecule has 0 amide bonds. The number of rotatable bonds is 11. The van der Waals surface area contributed by atoms with Gasteiger partial charge in [0, 0.05) is 11.5 Å². The molecule has 0 aromatic carbocycles. The van der Waals surface area contributed by atoms with Crippen LogP contribution in [-0.4, -0.2) is 40.9 Å². The average molecular weight is 386 g/mol. The Balaban J connectivity index is 0.00000529. The first-order valence-corrected chi connectivity index (χ1v) is 8.81. The fourth-order valence-electron chi connectivity index (χ4n) is 1.25. The fraction of sp³-hybridized carbons (Fsp3) is 0.455. The Morgan fingerprint density at radius 2 is 2.08 bits per heavy atom. The maximum absolute atomic E-state index is 12.3.